The van der Waals surface area contributed by atoms with Gasteiger partial charge in [-0.15, -0.1) is 0 Å². The molecule has 3 nitrogen and oxygen atoms in total. The zero-order valence-corrected chi connectivity index (χ0v) is 10.2. The Labute approximate surface area is 108 Å². The van der Waals surface area contributed by atoms with E-state index in [0.29, 0.717) is 0 Å². The molecule has 1 heterocycles. The molecule has 1 N–H and O–H groups in total. The summed E-state index contributed by atoms with van der Waals surface area (Å²) in [7, 11) is 0. The van der Waals surface area contributed by atoms with E-state index in [4.69, 9.17) is 0 Å². The number of aliphatic hydroxyl groups is 1. The van der Waals surface area contributed by atoms with Gasteiger partial charge in [0.2, 0.25) is 0 Å². The van der Waals surface area contributed by atoms with Crippen molar-refractivity contribution in [2.45, 2.75) is 25.2 Å². The number of hydrogen-bond acceptors (Lipinski definition) is 2. The Bertz CT molecular complexity index is 547. The van der Waals surface area contributed by atoms with Crippen molar-refractivity contribution in [3.8, 4) is 0 Å². The van der Waals surface area contributed by atoms with Gasteiger partial charge in [-0.05, 0) is 30.7 Å². The van der Waals surface area contributed by atoms with Crippen LogP contribution in [0.1, 0.15) is 18.1 Å². The first-order valence-corrected chi connectivity index (χ1v) is 5.66. The van der Waals surface area contributed by atoms with E-state index in [1.807, 2.05) is 0 Å². The van der Waals surface area contributed by atoms with Crippen LogP contribution >= 0.6 is 0 Å². The van der Waals surface area contributed by atoms with E-state index >= 15 is 0 Å². The highest BCUT2D eigenvalue weighted by molar-refractivity contribution is 5.29. The Kier molecular flexibility index (Phi) is 3.36. The van der Waals surface area contributed by atoms with Gasteiger partial charge < -0.3 is 5.11 Å². The molecule has 2 rings (SSSR count). The summed E-state index contributed by atoms with van der Waals surface area (Å²) >= 11 is 0. The second-order valence-corrected chi connectivity index (χ2v) is 4.56. The lowest BCUT2D eigenvalue weighted by Gasteiger charge is -2.24. The normalized spacial score (nSPS) is 15.2. The molecule has 0 saturated carbocycles. The number of aromatic nitrogens is 2. The van der Waals surface area contributed by atoms with Crippen LogP contribution in [0, 0.1) is 0 Å². The van der Waals surface area contributed by atoms with Gasteiger partial charge in [-0.25, -0.2) is 0 Å². The van der Waals surface area contributed by atoms with Gasteiger partial charge in [-0.1, -0.05) is 12.1 Å². The molecule has 1 atom stereocenters. The van der Waals surface area contributed by atoms with Gasteiger partial charge in [0.05, 0.1) is 12.1 Å². The maximum absolute atomic E-state index is 12.6. The molecule has 0 fully saturated rings. The van der Waals surface area contributed by atoms with Crippen LogP contribution in [0.15, 0.2) is 42.7 Å². The molecule has 6 heteroatoms. The van der Waals surface area contributed by atoms with E-state index in [0.717, 1.165) is 12.1 Å². The van der Waals surface area contributed by atoms with E-state index < -0.39 is 17.3 Å². The number of hydrogen-bond donors (Lipinski definition) is 1. The molecule has 0 aliphatic carbocycles. The summed E-state index contributed by atoms with van der Waals surface area (Å²) in [5.74, 6) is 0. The third kappa shape index (κ3) is 3.14. The zero-order valence-electron chi connectivity index (χ0n) is 10.2. The topological polar surface area (TPSA) is 38.0 Å². The smallest absolute Gasteiger partial charge is 0.384 e. The Morgan fingerprint density at radius 1 is 1.21 bits per heavy atom. The minimum Gasteiger partial charge on any atom is -0.384 e. The summed E-state index contributed by atoms with van der Waals surface area (Å²) in [5.41, 5.74) is -1.99. The minimum atomic E-state index is -4.42. The second kappa shape index (κ2) is 4.70. The third-order valence-corrected chi connectivity index (χ3v) is 2.84. The molecule has 1 aromatic heterocycles. The lowest BCUT2D eigenvalue weighted by molar-refractivity contribution is -0.137. The number of nitrogens with zero attached hydrogens (tertiary/aromatic N) is 2. The molecule has 2 aromatic rings. The average molecular weight is 270 g/mol. The van der Waals surface area contributed by atoms with E-state index in [2.05, 4.69) is 5.10 Å². The van der Waals surface area contributed by atoms with Crippen LogP contribution in [0.4, 0.5) is 13.2 Å². The van der Waals surface area contributed by atoms with Crippen LogP contribution in [-0.2, 0) is 18.3 Å². The van der Waals surface area contributed by atoms with Gasteiger partial charge in [0, 0.05) is 12.4 Å². The minimum absolute atomic E-state index is 0.0846. The van der Waals surface area contributed by atoms with Crippen LogP contribution in [-0.4, -0.2) is 14.9 Å². The molecule has 0 saturated heterocycles. The largest absolute Gasteiger partial charge is 0.416 e. The first-order chi connectivity index (χ1) is 8.79. The van der Waals surface area contributed by atoms with Crippen molar-refractivity contribution in [2.24, 2.45) is 0 Å². The summed E-state index contributed by atoms with van der Waals surface area (Å²) < 4.78 is 39.4. The number of rotatable bonds is 3. The molecule has 0 spiro atoms. The Hall–Kier alpha value is -1.82. The average Bonchev–Trinajstić information content (AvgIpc) is 2.80. The van der Waals surface area contributed by atoms with Crippen molar-refractivity contribution in [1.82, 2.24) is 9.78 Å². The summed E-state index contributed by atoms with van der Waals surface area (Å²) in [5, 5.41) is 14.3. The zero-order chi connectivity index (χ0) is 14.1. The van der Waals surface area contributed by atoms with Crippen molar-refractivity contribution >= 4 is 0 Å². The molecular weight excluding hydrogens is 257 g/mol. The van der Waals surface area contributed by atoms with Gasteiger partial charge >= 0.3 is 6.18 Å². The van der Waals surface area contributed by atoms with E-state index in [1.54, 1.807) is 18.5 Å². The fourth-order valence-electron chi connectivity index (χ4n) is 1.83. The summed E-state index contributed by atoms with van der Waals surface area (Å²) in [4.78, 5) is 0. The number of alkyl halides is 3. The number of halogens is 3. The van der Waals surface area contributed by atoms with Gasteiger partial charge in [0.25, 0.3) is 0 Å². The van der Waals surface area contributed by atoms with E-state index in [1.165, 1.54) is 23.7 Å². The third-order valence-electron chi connectivity index (χ3n) is 2.84. The predicted octanol–water partition coefficient (Wildman–Crippen LogP) is 2.81. The SMILES string of the molecule is CC(O)(Cn1cccn1)c1cccc(C(F)(F)F)c1. The molecule has 1 unspecified atom stereocenters. The first-order valence-electron chi connectivity index (χ1n) is 5.66. The maximum Gasteiger partial charge on any atom is 0.416 e. The van der Waals surface area contributed by atoms with Gasteiger partial charge in [0.15, 0.2) is 0 Å². The Morgan fingerprint density at radius 2 is 1.89 bits per heavy atom. The lowest BCUT2D eigenvalue weighted by Crippen LogP contribution is -2.28. The van der Waals surface area contributed by atoms with E-state index in [9.17, 15) is 18.3 Å². The van der Waals surface area contributed by atoms with Crippen molar-refractivity contribution < 1.29 is 18.3 Å². The molecule has 0 aliphatic rings. The lowest BCUT2D eigenvalue weighted by atomic mass is 9.94. The quantitative estimate of drug-likeness (QED) is 0.931. The van der Waals surface area contributed by atoms with Crippen LogP contribution in [0.25, 0.3) is 0 Å². The highest BCUT2D eigenvalue weighted by Gasteiger charge is 2.33. The molecule has 0 aliphatic heterocycles. The molecule has 102 valence electrons. The van der Waals surface area contributed by atoms with Crippen molar-refractivity contribution in [3.05, 3.63) is 53.9 Å². The number of benzene rings is 1. The van der Waals surface area contributed by atoms with Crippen LogP contribution in [0.2, 0.25) is 0 Å². The monoisotopic (exact) mass is 270 g/mol. The molecule has 1 aromatic carbocycles. The summed E-state index contributed by atoms with van der Waals surface area (Å²) in [6, 6.07) is 6.38. The van der Waals surface area contributed by atoms with Gasteiger partial charge in [-0.3, -0.25) is 4.68 Å². The maximum atomic E-state index is 12.6. The predicted molar refractivity (Wildman–Crippen MR) is 63.2 cm³/mol. The van der Waals surface area contributed by atoms with E-state index in [-0.39, 0.29) is 12.1 Å². The molecule has 19 heavy (non-hydrogen) atoms. The van der Waals surface area contributed by atoms with Crippen LogP contribution in [0.3, 0.4) is 0 Å². The fourth-order valence-corrected chi connectivity index (χ4v) is 1.83. The van der Waals surface area contributed by atoms with Gasteiger partial charge in [0.1, 0.15) is 5.60 Å². The Balaban J connectivity index is 2.30. The summed E-state index contributed by atoms with van der Waals surface area (Å²) in [6.45, 7) is 1.55. The van der Waals surface area contributed by atoms with Crippen LogP contribution in [0.5, 0.6) is 0 Å². The first kappa shape index (κ1) is 13.6. The molecule has 0 bridgehead atoms. The second-order valence-electron chi connectivity index (χ2n) is 4.56. The molecule has 0 radical (unpaired) electrons. The molecular formula is C13H13F3N2O. The fraction of sp³-hybridized carbons (Fsp3) is 0.308. The highest BCUT2D eigenvalue weighted by Crippen LogP contribution is 2.32. The molecule has 0 amide bonds. The Morgan fingerprint density at radius 3 is 2.47 bits per heavy atom. The van der Waals surface area contributed by atoms with Gasteiger partial charge in [-0.2, -0.15) is 18.3 Å². The van der Waals surface area contributed by atoms with Crippen LogP contribution < -0.4 is 0 Å². The van der Waals surface area contributed by atoms with Crippen molar-refractivity contribution in [3.63, 3.8) is 0 Å². The highest BCUT2D eigenvalue weighted by atomic mass is 19.4. The van der Waals surface area contributed by atoms with Crippen molar-refractivity contribution in [1.29, 1.82) is 0 Å². The standard InChI is InChI=1S/C13H13F3N2O/c1-12(19,9-18-7-3-6-17-18)10-4-2-5-11(8-10)13(14,15)16/h2-8,19H,9H2,1H3. The summed E-state index contributed by atoms with van der Waals surface area (Å²) in [6.07, 6.45) is -1.23. The van der Waals surface area contributed by atoms with Crippen molar-refractivity contribution in [2.75, 3.05) is 0 Å².